The molecular weight excluding hydrogens is 152 g/mol. The summed E-state index contributed by atoms with van der Waals surface area (Å²) < 4.78 is 0. The molecule has 67 valence electrons. The van der Waals surface area contributed by atoms with Gasteiger partial charge in [-0.3, -0.25) is 4.79 Å². The van der Waals surface area contributed by atoms with Gasteiger partial charge < -0.3 is 10.2 Å². The molecule has 1 N–H and O–H groups in total. The number of hydrogen-bond donors (Lipinski definition) is 1. The van der Waals surface area contributed by atoms with Crippen LogP contribution in [0.15, 0.2) is 0 Å². The number of nitrogens with one attached hydrogen (secondary N) is 1. The van der Waals surface area contributed by atoms with E-state index in [9.17, 15) is 4.79 Å². The van der Waals surface area contributed by atoms with Crippen LogP contribution in [0.1, 0.15) is 25.7 Å². The largest absolute Gasteiger partial charge is 0.345 e. The molecule has 2 aliphatic rings. The minimum Gasteiger partial charge on any atom is -0.345 e. The first-order valence-corrected chi connectivity index (χ1v) is 4.66. The third-order valence-electron chi connectivity index (χ3n) is 3.36. The molecule has 2 fully saturated rings. The van der Waals surface area contributed by atoms with Gasteiger partial charge in [0.05, 0.1) is 0 Å². The predicted octanol–water partition coefficient (Wildman–Crippen LogP) is 0.268. The van der Waals surface area contributed by atoms with Crippen LogP contribution in [0.25, 0.3) is 0 Å². The maximum absolute atomic E-state index is 10.1. The molecule has 2 atom stereocenters. The van der Waals surface area contributed by atoms with Gasteiger partial charge in [-0.25, -0.2) is 0 Å². The molecule has 0 spiro atoms. The summed E-state index contributed by atoms with van der Waals surface area (Å²) in [6, 6.07) is 1.79. The maximum atomic E-state index is 10.1. The standard InChI is InChI=1S/C9H15N2O/c1-11-8-2-3-9(11)5-7(4-8)10-6-12/h7-9H,2-5H2,1H3,(H,10,12). The van der Waals surface area contributed by atoms with Gasteiger partial charge in [0.15, 0.2) is 0 Å². The highest BCUT2D eigenvalue weighted by molar-refractivity contribution is 5.47. The van der Waals surface area contributed by atoms with E-state index < -0.39 is 0 Å². The minimum absolute atomic E-state index is 0.385. The molecule has 3 heteroatoms. The number of amides is 1. The number of piperidine rings is 1. The summed E-state index contributed by atoms with van der Waals surface area (Å²) in [6.07, 6.45) is 6.64. The van der Waals surface area contributed by atoms with Crippen molar-refractivity contribution in [1.29, 1.82) is 0 Å². The van der Waals surface area contributed by atoms with E-state index >= 15 is 0 Å². The summed E-state index contributed by atoms with van der Waals surface area (Å²) in [5.41, 5.74) is 0. The molecule has 0 saturated carbocycles. The monoisotopic (exact) mass is 167 g/mol. The normalized spacial score (nSPS) is 41.2. The molecule has 3 nitrogen and oxygen atoms in total. The smallest absolute Gasteiger partial charge is 0.309 e. The Balaban J connectivity index is 1.97. The Morgan fingerprint density at radius 1 is 1.33 bits per heavy atom. The summed E-state index contributed by atoms with van der Waals surface area (Å²) in [4.78, 5) is 12.6. The van der Waals surface area contributed by atoms with Crippen LogP contribution in [-0.4, -0.2) is 36.5 Å². The molecule has 2 aliphatic heterocycles. The number of hydrogen-bond acceptors (Lipinski definition) is 2. The van der Waals surface area contributed by atoms with Crippen molar-refractivity contribution in [3.8, 4) is 0 Å². The highest BCUT2D eigenvalue weighted by atomic mass is 16.1. The van der Waals surface area contributed by atoms with E-state index in [1.54, 1.807) is 6.41 Å². The van der Waals surface area contributed by atoms with Crippen LogP contribution >= 0.6 is 0 Å². The van der Waals surface area contributed by atoms with Crippen molar-refractivity contribution in [2.24, 2.45) is 0 Å². The van der Waals surface area contributed by atoms with Crippen LogP contribution in [0, 0.1) is 0 Å². The minimum atomic E-state index is 0.385. The van der Waals surface area contributed by atoms with Crippen molar-refractivity contribution in [3.05, 3.63) is 0 Å². The molecule has 1 radical (unpaired) electrons. The zero-order chi connectivity index (χ0) is 8.55. The van der Waals surface area contributed by atoms with Gasteiger partial charge in [-0.15, -0.1) is 0 Å². The van der Waals surface area contributed by atoms with E-state index in [0.717, 1.165) is 12.8 Å². The van der Waals surface area contributed by atoms with Gasteiger partial charge in [-0.05, 0) is 32.7 Å². The van der Waals surface area contributed by atoms with Gasteiger partial charge in [-0.1, -0.05) is 0 Å². The molecule has 0 aromatic heterocycles. The van der Waals surface area contributed by atoms with E-state index in [1.165, 1.54) is 12.8 Å². The molecule has 0 aromatic carbocycles. The average molecular weight is 167 g/mol. The summed E-state index contributed by atoms with van der Waals surface area (Å²) >= 11 is 0. The van der Waals surface area contributed by atoms with Crippen LogP contribution in [0.2, 0.25) is 0 Å². The van der Waals surface area contributed by atoms with E-state index in [4.69, 9.17) is 0 Å². The first-order chi connectivity index (χ1) is 5.81. The second-order valence-electron chi connectivity index (χ2n) is 3.97. The van der Waals surface area contributed by atoms with E-state index in [1.807, 2.05) is 0 Å². The molecular formula is C9H15N2O. The van der Waals surface area contributed by atoms with Crippen LogP contribution in [-0.2, 0) is 4.79 Å². The summed E-state index contributed by atoms with van der Waals surface area (Å²) in [6.45, 7) is 0. The topological polar surface area (TPSA) is 32.3 Å². The summed E-state index contributed by atoms with van der Waals surface area (Å²) in [5, 5.41) is 2.77. The second kappa shape index (κ2) is 3.05. The molecule has 2 unspecified atom stereocenters. The van der Waals surface area contributed by atoms with Gasteiger partial charge in [0.25, 0.3) is 0 Å². The second-order valence-corrected chi connectivity index (χ2v) is 3.97. The molecule has 2 saturated heterocycles. The van der Waals surface area contributed by atoms with Gasteiger partial charge >= 0.3 is 6.41 Å². The van der Waals surface area contributed by atoms with Crippen molar-refractivity contribution < 1.29 is 4.79 Å². The maximum Gasteiger partial charge on any atom is 0.309 e. The Bertz CT molecular complexity index is 169. The van der Waals surface area contributed by atoms with Crippen LogP contribution in [0.5, 0.6) is 0 Å². The van der Waals surface area contributed by atoms with Crippen LogP contribution < -0.4 is 5.32 Å². The van der Waals surface area contributed by atoms with E-state index in [0.29, 0.717) is 18.1 Å². The van der Waals surface area contributed by atoms with Gasteiger partial charge in [0.2, 0.25) is 0 Å². The average Bonchev–Trinajstić information content (AvgIpc) is 2.33. The number of fused-ring (bicyclic) bond motifs is 2. The fourth-order valence-corrected chi connectivity index (χ4v) is 2.61. The fourth-order valence-electron chi connectivity index (χ4n) is 2.61. The van der Waals surface area contributed by atoms with Crippen molar-refractivity contribution in [1.82, 2.24) is 10.2 Å². The highest BCUT2D eigenvalue weighted by Crippen LogP contribution is 2.33. The first kappa shape index (κ1) is 8.05. The number of carbonyl (C=O) groups excluding carboxylic acids is 1. The van der Waals surface area contributed by atoms with Crippen molar-refractivity contribution in [2.45, 2.75) is 43.8 Å². The molecule has 0 aliphatic carbocycles. The summed E-state index contributed by atoms with van der Waals surface area (Å²) in [7, 11) is 2.20. The first-order valence-electron chi connectivity index (χ1n) is 4.66. The van der Waals surface area contributed by atoms with E-state index in [-0.39, 0.29) is 0 Å². The lowest BCUT2D eigenvalue weighted by Gasteiger charge is -2.35. The molecule has 1 amide bonds. The molecule has 2 bridgehead atoms. The van der Waals surface area contributed by atoms with Crippen molar-refractivity contribution >= 4 is 6.41 Å². The molecule has 2 rings (SSSR count). The Kier molecular flexibility index (Phi) is 2.05. The quantitative estimate of drug-likeness (QED) is 0.599. The van der Waals surface area contributed by atoms with Crippen molar-refractivity contribution in [3.63, 3.8) is 0 Å². The lowest BCUT2D eigenvalue weighted by molar-refractivity contribution is 0.156. The van der Waals surface area contributed by atoms with Gasteiger partial charge in [0, 0.05) is 18.1 Å². The zero-order valence-corrected chi connectivity index (χ0v) is 7.42. The van der Waals surface area contributed by atoms with Crippen LogP contribution in [0.4, 0.5) is 0 Å². The third kappa shape index (κ3) is 1.22. The Morgan fingerprint density at radius 2 is 1.92 bits per heavy atom. The Morgan fingerprint density at radius 3 is 2.42 bits per heavy atom. The summed E-state index contributed by atoms with van der Waals surface area (Å²) in [5.74, 6) is 0. The Hall–Kier alpha value is -0.570. The molecule has 2 heterocycles. The number of rotatable bonds is 2. The van der Waals surface area contributed by atoms with Crippen molar-refractivity contribution in [2.75, 3.05) is 7.05 Å². The van der Waals surface area contributed by atoms with Gasteiger partial charge in [0.1, 0.15) is 0 Å². The fraction of sp³-hybridized carbons (Fsp3) is 0.889. The third-order valence-corrected chi connectivity index (χ3v) is 3.36. The molecule has 12 heavy (non-hydrogen) atoms. The predicted molar refractivity (Wildman–Crippen MR) is 46.4 cm³/mol. The lowest BCUT2D eigenvalue weighted by atomic mass is 9.98. The highest BCUT2D eigenvalue weighted by Gasteiger charge is 2.38. The lowest BCUT2D eigenvalue weighted by Crippen LogP contribution is -2.46. The Labute approximate surface area is 73.1 Å². The van der Waals surface area contributed by atoms with Crippen LogP contribution in [0.3, 0.4) is 0 Å². The SMILES string of the molecule is CN1C2CCC1CC(N[C]=O)C2. The number of nitrogens with zero attached hydrogens (tertiary/aromatic N) is 1. The van der Waals surface area contributed by atoms with Gasteiger partial charge in [-0.2, -0.15) is 0 Å². The molecule has 0 aromatic rings. The van der Waals surface area contributed by atoms with E-state index in [2.05, 4.69) is 17.3 Å². The zero-order valence-electron chi connectivity index (χ0n) is 7.42.